The molecule has 1 heterocycles. The Morgan fingerprint density at radius 2 is 2.50 bits per heavy atom. The van der Waals surface area contributed by atoms with E-state index < -0.39 is 0 Å². The molecule has 1 atom stereocenters. The van der Waals surface area contributed by atoms with Crippen LogP contribution in [0.15, 0.2) is 0 Å². The first-order valence-electron chi connectivity index (χ1n) is 2.93. The van der Waals surface area contributed by atoms with Crippen molar-refractivity contribution in [2.75, 3.05) is 6.54 Å². The van der Waals surface area contributed by atoms with Crippen LogP contribution in [-0.4, -0.2) is 18.5 Å². The number of carbonyl (C=O) groups excluding carboxylic acids is 1. The zero-order valence-corrected chi connectivity index (χ0v) is 4.76. The Morgan fingerprint density at radius 3 is 2.75 bits per heavy atom. The molecule has 0 aromatic carbocycles. The van der Waals surface area contributed by atoms with E-state index in [-0.39, 0.29) is 11.9 Å². The fourth-order valence-electron chi connectivity index (χ4n) is 1.03. The van der Waals surface area contributed by atoms with E-state index in [1.54, 1.807) is 0 Å². The fourth-order valence-corrected chi connectivity index (χ4v) is 1.03. The number of primary amides is 1. The summed E-state index contributed by atoms with van der Waals surface area (Å²) in [7, 11) is 0. The summed E-state index contributed by atoms with van der Waals surface area (Å²) in [5, 5.41) is 2.00. The highest BCUT2D eigenvalue weighted by Crippen LogP contribution is 1.94. The van der Waals surface area contributed by atoms with Gasteiger partial charge in [0, 0.05) is 12.8 Å². The van der Waals surface area contributed by atoms with Crippen molar-refractivity contribution >= 4 is 5.91 Å². The maximum Gasteiger partial charge on any atom is 0.275 e. The molecule has 0 spiro atoms. The van der Waals surface area contributed by atoms with Crippen LogP contribution in [0.5, 0.6) is 0 Å². The van der Waals surface area contributed by atoms with Crippen LogP contribution in [0.25, 0.3) is 0 Å². The van der Waals surface area contributed by atoms with E-state index in [2.05, 4.69) is 0 Å². The van der Waals surface area contributed by atoms with Gasteiger partial charge in [-0.15, -0.1) is 0 Å². The minimum absolute atomic E-state index is 0.0787. The Hall–Kier alpha value is -0.570. The molecule has 0 unspecified atom stereocenters. The highest BCUT2D eigenvalue weighted by atomic mass is 16.1. The van der Waals surface area contributed by atoms with E-state index >= 15 is 0 Å². The highest BCUT2D eigenvalue weighted by molar-refractivity contribution is 5.78. The van der Waals surface area contributed by atoms with Gasteiger partial charge in [-0.3, -0.25) is 4.79 Å². The summed E-state index contributed by atoms with van der Waals surface area (Å²) in [6.45, 7) is 1.06. The SMILES string of the molecule is NC(=O)[C@H]1CCC[NH2+]1. The number of quaternary nitrogens is 1. The lowest BCUT2D eigenvalue weighted by atomic mass is 10.2. The number of hydrogen-bond donors (Lipinski definition) is 2. The summed E-state index contributed by atoms with van der Waals surface area (Å²) < 4.78 is 0. The minimum Gasteiger partial charge on any atom is -0.365 e. The number of amides is 1. The van der Waals surface area contributed by atoms with Crippen LogP contribution in [-0.2, 0) is 4.79 Å². The lowest BCUT2D eigenvalue weighted by molar-refractivity contribution is -0.657. The molecule has 4 N–H and O–H groups in total. The molecule has 1 aliphatic rings. The highest BCUT2D eigenvalue weighted by Gasteiger charge is 2.22. The molecular formula is C5H11N2O+. The number of rotatable bonds is 1. The smallest absolute Gasteiger partial charge is 0.275 e. The molecule has 0 bridgehead atoms. The topological polar surface area (TPSA) is 59.7 Å². The van der Waals surface area contributed by atoms with Crippen molar-refractivity contribution in [1.29, 1.82) is 0 Å². The number of hydrogen-bond acceptors (Lipinski definition) is 1. The first-order valence-corrected chi connectivity index (χ1v) is 2.93. The molecule has 0 aromatic rings. The van der Waals surface area contributed by atoms with Crippen molar-refractivity contribution in [3.8, 4) is 0 Å². The summed E-state index contributed by atoms with van der Waals surface area (Å²) >= 11 is 0. The molecule has 1 amide bonds. The van der Waals surface area contributed by atoms with Crippen LogP contribution in [0.1, 0.15) is 12.8 Å². The first kappa shape index (κ1) is 5.56. The van der Waals surface area contributed by atoms with Gasteiger partial charge >= 0.3 is 0 Å². The third-order valence-electron chi connectivity index (χ3n) is 1.54. The summed E-state index contributed by atoms with van der Waals surface area (Å²) in [6.07, 6.45) is 2.10. The maximum atomic E-state index is 10.4. The number of nitrogens with two attached hydrogens (primary N) is 2. The molecule has 3 heteroatoms. The second-order valence-corrected chi connectivity index (χ2v) is 2.18. The average molecular weight is 115 g/mol. The Bertz CT molecular complexity index is 96.6. The van der Waals surface area contributed by atoms with E-state index in [9.17, 15) is 4.79 Å². The van der Waals surface area contributed by atoms with Gasteiger partial charge in [0.05, 0.1) is 6.54 Å². The van der Waals surface area contributed by atoms with Gasteiger partial charge < -0.3 is 11.1 Å². The zero-order valence-electron chi connectivity index (χ0n) is 4.76. The maximum absolute atomic E-state index is 10.4. The Kier molecular flexibility index (Phi) is 1.48. The van der Waals surface area contributed by atoms with Crippen LogP contribution in [0, 0.1) is 0 Å². The molecule has 1 rings (SSSR count). The first-order chi connectivity index (χ1) is 3.80. The molecule has 46 valence electrons. The van der Waals surface area contributed by atoms with E-state index in [0.717, 1.165) is 19.4 Å². The molecule has 1 aliphatic heterocycles. The third-order valence-corrected chi connectivity index (χ3v) is 1.54. The van der Waals surface area contributed by atoms with Crippen LogP contribution in [0.3, 0.4) is 0 Å². The van der Waals surface area contributed by atoms with Gasteiger partial charge in [-0.2, -0.15) is 0 Å². The van der Waals surface area contributed by atoms with E-state index in [1.165, 1.54) is 0 Å². The monoisotopic (exact) mass is 115 g/mol. The summed E-state index contributed by atoms with van der Waals surface area (Å²) in [5.41, 5.74) is 5.03. The van der Waals surface area contributed by atoms with Gasteiger partial charge in [0.15, 0.2) is 6.04 Å². The molecule has 0 aromatic heterocycles. The van der Waals surface area contributed by atoms with Crippen molar-refractivity contribution in [2.24, 2.45) is 5.73 Å². The summed E-state index contributed by atoms with van der Waals surface area (Å²) in [6, 6.07) is 0.0787. The molecule has 0 saturated carbocycles. The average Bonchev–Trinajstić information content (AvgIpc) is 2.12. The van der Waals surface area contributed by atoms with Crippen molar-refractivity contribution in [3.63, 3.8) is 0 Å². The predicted octanol–water partition coefficient (Wildman–Crippen LogP) is -1.80. The van der Waals surface area contributed by atoms with Gasteiger partial charge in [-0.05, 0) is 0 Å². The zero-order chi connectivity index (χ0) is 5.98. The standard InChI is InChI=1S/C5H10N2O/c6-5(8)4-2-1-3-7-4/h4,7H,1-3H2,(H2,6,8)/p+1/t4-/m1/s1. The van der Waals surface area contributed by atoms with E-state index in [4.69, 9.17) is 5.73 Å². The largest absolute Gasteiger partial charge is 0.365 e. The van der Waals surface area contributed by atoms with Crippen LogP contribution >= 0.6 is 0 Å². The molecule has 1 saturated heterocycles. The second kappa shape index (κ2) is 2.13. The molecule has 8 heavy (non-hydrogen) atoms. The van der Waals surface area contributed by atoms with E-state index in [0.29, 0.717) is 0 Å². The van der Waals surface area contributed by atoms with Crippen molar-refractivity contribution in [1.82, 2.24) is 0 Å². The quantitative estimate of drug-likeness (QED) is 0.416. The van der Waals surface area contributed by atoms with Gasteiger partial charge in [0.25, 0.3) is 5.91 Å². The van der Waals surface area contributed by atoms with Crippen LogP contribution in [0.2, 0.25) is 0 Å². The Labute approximate surface area is 48.2 Å². The predicted molar refractivity (Wildman–Crippen MR) is 29.0 cm³/mol. The summed E-state index contributed by atoms with van der Waals surface area (Å²) in [5.74, 6) is -0.164. The van der Waals surface area contributed by atoms with E-state index in [1.807, 2.05) is 5.32 Å². The molecule has 1 fully saturated rings. The minimum atomic E-state index is -0.164. The molecule has 0 radical (unpaired) electrons. The van der Waals surface area contributed by atoms with Crippen molar-refractivity contribution in [3.05, 3.63) is 0 Å². The Morgan fingerprint density at radius 1 is 1.75 bits per heavy atom. The lowest BCUT2D eigenvalue weighted by Crippen LogP contribution is -2.89. The summed E-state index contributed by atoms with van der Waals surface area (Å²) in [4.78, 5) is 10.4. The fraction of sp³-hybridized carbons (Fsp3) is 0.800. The lowest BCUT2D eigenvalue weighted by Gasteiger charge is -1.97. The second-order valence-electron chi connectivity index (χ2n) is 2.18. The molecule has 3 nitrogen and oxygen atoms in total. The van der Waals surface area contributed by atoms with Gasteiger partial charge in [-0.25, -0.2) is 0 Å². The Balaban J connectivity index is 2.35. The van der Waals surface area contributed by atoms with Crippen LogP contribution in [0.4, 0.5) is 0 Å². The van der Waals surface area contributed by atoms with Gasteiger partial charge in [0.2, 0.25) is 0 Å². The molecular weight excluding hydrogens is 104 g/mol. The number of carbonyl (C=O) groups is 1. The van der Waals surface area contributed by atoms with Gasteiger partial charge in [-0.1, -0.05) is 0 Å². The van der Waals surface area contributed by atoms with Crippen molar-refractivity contribution in [2.45, 2.75) is 18.9 Å². The molecule has 0 aliphatic carbocycles. The van der Waals surface area contributed by atoms with Crippen LogP contribution < -0.4 is 11.1 Å². The van der Waals surface area contributed by atoms with Crippen molar-refractivity contribution < 1.29 is 10.1 Å². The van der Waals surface area contributed by atoms with Gasteiger partial charge in [0.1, 0.15) is 0 Å². The third kappa shape index (κ3) is 0.980. The normalized spacial score (nSPS) is 28.2.